The highest BCUT2D eigenvalue weighted by Crippen LogP contribution is 2.28. The highest BCUT2D eigenvalue weighted by molar-refractivity contribution is 5.94. The topological polar surface area (TPSA) is 86.1 Å². The van der Waals surface area contributed by atoms with Crippen molar-refractivity contribution in [2.24, 2.45) is 0 Å². The smallest absolute Gasteiger partial charge is 0.337 e. The summed E-state index contributed by atoms with van der Waals surface area (Å²) in [5.41, 5.74) is 3.57. The Morgan fingerprint density at radius 1 is 1.25 bits per heavy atom. The number of amides is 1. The quantitative estimate of drug-likeness (QED) is 0.497. The van der Waals surface area contributed by atoms with E-state index in [1.54, 1.807) is 12.1 Å². The van der Waals surface area contributed by atoms with Gasteiger partial charge in [-0.2, -0.15) is 0 Å². The number of esters is 1. The van der Waals surface area contributed by atoms with Crippen LogP contribution in [0.5, 0.6) is 0 Å². The third-order valence-corrected chi connectivity index (χ3v) is 4.51. The number of aryl methyl sites for hydroxylation is 1. The van der Waals surface area contributed by atoms with Crippen LogP contribution in [0.3, 0.4) is 0 Å². The Morgan fingerprint density at radius 2 is 2.04 bits per heavy atom. The molecule has 146 valence electrons. The fourth-order valence-electron chi connectivity index (χ4n) is 3.21. The number of benzene rings is 1. The number of hydrogen-bond acceptors (Lipinski definition) is 5. The lowest BCUT2D eigenvalue weighted by atomic mass is 10.2. The number of nitrogens with zero attached hydrogens (tertiary/aromatic N) is 3. The molecule has 0 atom stereocenters. The predicted molar refractivity (Wildman–Crippen MR) is 108 cm³/mol. The fourth-order valence-corrected chi connectivity index (χ4v) is 3.21. The maximum atomic E-state index is 11.9. The van der Waals surface area contributed by atoms with Crippen molar-refractivity contribution >= 4 is 29.1 Å². The van der Waals surface area contributed by atoms with Gasteiger partial charge in [-0.3, -0.25) is 9.36 Å². The van der Waals surface area contributed by atoms with E-state index in [2.05, 4.69) is 26.1 Å². The Balaban J connectivity index is 2.21. The predicted octanol–water partition coefficient (Wildman–Crippen LogP) is 3.85. The maximum Gasteiger partial charge on any atom is 0.337 e. The lowest BCUT2D eigenvalue weighted by molar-refractivity contribution is -0.105. The first-order valence-corrected chi connectivity index (χ1v) is 9.31. The minimum atomic E-state index is -0.393. The Labute approximate surface area is 163 Å². The Bertz CT molecular complexity index is 1020. The van der Waals surface area contributed by atoms with Crippen LogP contribution < -0.4 is 5.32 Å². The number of carbonyl (C=O) groups excluding carboxylic acids is 2. The molecule has 2 heterocycles. The summed E-state index contributed by atoms with van der Waals surface area (Å²) in [7, 11) is 1.36. The molecule has 0 fully saturated rings. The molecule has 0 aliphatic rings. The summed E-state index contributed by atoms with van der Waals surface area (Å²) in [4.78, 5) is 32.3. The van der Waals surface area contributed by atoms with Gasteiger partial charge in [0.15, 0.2) is 0 Å². The highest BCUT2D eigenvalue weighted by atomic mass is 16.5. The molecule has 2 aromatic heterocycles. The van der Waals surface area contributed by atoms with Gasteiger partial charge in [-0.15, -0.1) is 0 Å². The minimum Gasteiger partial charge on any atom is -0.465 e. The minimum absolute atomic E-state index is 0.151. The summed E-state index contributed by atoms with van der Waals surface area (Å²) in [6, 6.07) is 9.05. The van der Waals surface area contributed by atoms with Crippen LogP contribution in [-0.2, 0) is 16.0 Å². The maximum absolute atomic E-state index is 11.9. The molecule has 1 N–H and O–H groups in total. The standard InChI is InChI=1S/C21H24N4O3/c1-5-6-16-15(22-12-26)8-10-19(23-16)25-18-9-7-14(21(27)28-4)11-17(18)24-20(25)13(2)3/h7-13H,5-6H2,1-4H3,(H,22,26). The van der Waals surface area contributed by atoms with Crippen molar-refractivity contribution in [1.82, 2.24) is 14.5 Å². The Kier molecular flexibility index (Phi) is 5.73. The molecule has 7 heteroatoms. The van der Waals surface area contributed by atoms with Crippen LogP contribution in [0.1, 0.15) is 55.0 Å². The zero-order valence-corrected chi connectivity index (χ0v) is 16.5. The second-order valence-electron chi connectivity index (χ2n) is 6.83. The second-order valence-corrected chi connectivity index (χ2v) is 6.83. The van der Waals surface area contributed by atoms with Crippen molar-refractivity contribution in [3.8, 4) is 5.82 Å². The van der Waals surface area contributed by atoms with Crippen molar-refractivity contribution in [3.05, 3.63) is 47.4 Å². The third kappa shape index (κ3) is 3.60. The number of nitrogens with one attached hydrogen (secondary N) is 1. The van der Waals surface area contributed by atoms with Crippen molar-refractivity contribution in [1.29, 1.82) is 0 Å². The van der Waals surface area contributed by atoms with E-state index in [0.717, 1.165) is 35.7 Å². The van der Waals surface area contributed by atoms with Crippen molar-refractivity contribution < 1.29 is 14.3 Å². The van der Waals surface area contributed by atoms with E-state index in [4.69, 9.17) is 14.7 Å². The van der Waals surface area contributed by atoms with Crippen molar-refractivity contribution in [2.45, 2.75) is 39.5 Å². The van der Waals surface area contributed by atoms with Crippen LogP contribution >= 0.6 is 0 Å². The molecule has 0 saturated carbocycles. The molecule has 0 aliphatic heterocycles. The number of aromatic nitrogens is 3. The van der Waals surface area contributed by atoms with Gasteiger partial charge in [0, 0.05) is 5.92 Å². The van der Waals surface area contributed by atoms with E-state index in [0.29, 0.717) is 23.2 Å². The van der Waals surface area contributed by atoms with Gasteiger partial charge in [0.05, 0.1) is 35.1 Å². The molecular formula is C21H24N4O3. The summed E-state index contributed by atoms with van der Waals surface area (Å²) >= 11 is 0. The van der Waals surface area contributed by atoms with Crippen molar-refractivity contribution in [2.75, 3.05) is 12.4 Å². The summed E-state index contributed by atoms with van der Waals surface area (Å²) < 4.78 is 6.82. The normalized spacial score (nSPS) is 11.0. The first-order valence-electron chi connectivity index (χ1n) is 9.31. The summed E-state index contributed by atoms with van der Waals surface area (Å²) in [6.07, 6.45) is 2.32. The first-order chi connectivity index (χ1) is 13.5. The van der Waals surface area contributed by atoms with E-state index in [1.165, 1.54) is 7.11 Å². The van der Waals surface area contributed by atoms with E-state index >= 15 is 0 Å². The molecule has 28 heavy (non-hydrogen) atoms. The van der Waals surface area contributed by atoms with Crippen LogP contribution in [0.2, 0.25) is 0 Å². The Hall–Kier alpha value is -3.22. The van der Waals surface area contributed by atoms with E-state index in [-0.39, 0.29) is 5.92 Å². The molecule has 1 aromatic carbocycles. The molecule has 7 nitrogen and oxygen atoms in total. The lowest BCUT2D eigenvalue weighted by Crippen LogP contribution is -2.09. The number of pyridine rings is 1. The number of hydrogen-bond donors (Lipinski definition) is 1. The Morgan fingerprint density at radius 3 is 2.68 bits per heavy atom. The molecule has 0 radical (unpaired) electrons. The molecule has 0 spiro atoms. The lowest BCUT2D eigenvalue weighted by Gasteiger charge is -2.14. The van der Waals surface area contributed by atoms with Gasteiger partial charge in [0.25, 0.3) is 0 Å². The first kappa shape index (κ1) is 19.5. The van der Waals surface area contributed by atoms with Gasteiger partial charge in [-0.1, -0.05) is 27.2 Å². The zero-order valence-electron chi connectivity index (χ0n) is 16.5. The van der Waals surface area contributed by atoms with Gasteiger partial charge in [0.2, 0.25) is 6.41 Å². The molecule has 1 amide bonds. The number of ether oxygens (including phenoxy) is 1. The van der Waals surface area contributed by atoms with Gasteiger partial charge in [-0.05, 0) is 36.8 Å². The second kappa shape index (κ2) is 8.21. The molecule has 0 bridgehead atoms. The van der Waals surface area contributed by atoms with E-state index in [1.807, 2.05) is 22.8 Å². The van der Waals surface area contributed by atoms with Crippen LogP contribution in [-0.4, -0.2) is 34.0 Å². The number of anilines is 1. The van der Waals surface area contributed by atoms with Crippen molar-refractivity contribution in [3.63, 3.8) is 0 Å². The number of rotatable bonds is 7. The number of imidazole rings is 1. The van der Waals surface area contributed by atoms with Crippen LogP contribution in [0.4, 0.5) is 5.69 Å². The molecule has 0 unspecified atom stereocenters. The van der Waals surface area contributed by atoms with Crippen LogP contribution in [0.25, 0.3) is 16.9 Å². The largest absolute Gasteiger partial charge is 0.465 e. The summed E-state index contributed by atoms with van der Waals surface area (Å²) in [5, 5.41) is 2.72. The summed E-state index contributed by atoms with van der Waals surface area (Å²) in [5.74, 6) is 1.34. The van der Waals surface area contributed by atoms with E-state index < -0.39 is 5.97 Å². The number of fused-ring (bicyclic) bond motifs is 1. The molecule has 3 rings (SSSR count). The highest BCUT2D eigenvalue weighted by Gasteiger charge is 2.18. The van der Waals surface area contributed by atoms with Gasteiger partial charge >= 0.3 is 5.97 Å². The summed E-state index contributed by atoms with van der Waals surface area (Å²) in [6.45, 7) is 6.20. The fraction of sp³-hybridized carbons (Fsp3) is 0.333. The SMILES string of the molecule is CCCc1nc(-n2c(C(C)C)nc3cc(C(=O)OC)ccc32)ccc1NC=O. The van der Waals surface area contributed by atoms with E-state index in [9.17, 15) is 9.59 Å². The van der Waals surface area contributed by atoms with Gasteiger partial charge in [-0.25, -0.2) is 14.8 Å². The van der Waals surface area contributed by atoms with Gasteiger partial charge < -0.3 is 10.1 Å². The zero-order chi connectivity index (χ0) is 20.3. The average Bonchev–Trinajstić information content (AvgIpc) is 3.08. The van der Waals surface area contributed by atoms with Crippen LogP contribution in [0, 0.1) is 0 Å². The third-order valence-electron chi connectivity index (χ3n) is 4.51. The number of carbonyl (C=O) groups is 2. The monoisotopic (exact) mass is 380 g/mol. The van der Waals surface area contributed by atoms with Gasteiger partial charge in [0.1, 0.15) is 11.6 Å². The number of methoxy groups -OCH3 is 1. The van der Waals surface area contributed by atoms with Crippen LogP contribution in [0.15, 0.2) is 30.3 Å². The molecular weight excluding hydrogens is 356 g/mol. The molecule has 0 saturated heterocycles. The average molecular weight is 380 g/mol. The molecule has 3 aromatic rings. The molecule has 0 aliphatic carbocycles.